The Bertz CT molecular complexity index is 620. The fourth-order valence-corrected chi connectivity index (χ4v) is 2.01. The van der Waals surface area contributed by atoms with E-state index in [1.807, 2.05) is 45.9 Å². The third-order valence-electron chi connectivity index (χ3n) is 2.77. The van der Waals surface area contributed by atoms with Crippen LogP contribution >= 0.6 is 0 Å². The maximum absolute atomic E-state index is 12.3. The van der Waals surface area contributed by atoms with Crippen molar-refractivity contribution in [1.82, 2.24) is 4.57 Å². The molecule has 0 radical (unpaired) electrons. The van der Waals surface area contributed by atoms with Gasteiger partial charge in [0.25, 0.3) is 0 Å². The van der Waals surface area contributed by atoms with Gasteiger partial charge in [-0.3, -0.25) is 0 Å². The number of hydrogen-bond donors (Lipinski definition) is 1. The molecule has 0 spiro atoms. The van der Waals surface area contributed by atoms with Crippen LogP contribution in [-0.2, 0) is 11.3 Å². The zero-order valence-electron chi connectivity index (χ0n) is 11.7. The van der Waals surface area contributed by atoms with Crippen LogP contribution in [0.1, 0.15) is 32.0 Å². The molecule has 19 heavy (non-hydrogen) atoms. The van der Waals surface area contributed by atoms with Crippen LogP contribution in [0.4, 0.5) is 4.79 Å². The molecule has 0 fully saturated rings. The Kier molecular flexibility index (Phi) is 3.37. The molecule has 0 saturated heterocycles. The molecule has 4 heteroatoms. The molecule has 1 aromatic carbocycles. The van der Waals surface area contributed by atoms with Crippen LogP contribution in [0, 0.1) is 6.92 Å². The normalized spacial score (nSPS) is 11.8. The van der Waals surface area contributed by atoms with Crippen molar-refractivity contribution in [3.05, 3.63) is 35.5 Å². The van der Waals surface area contributed by atoms with Crippen LogP contribution in [0.25, 0.3) is 10.9 Å². The van der Waals surface area contributed by atoms with Gasteiger partial charge in [-0.2, -0.15) is 0 Å². The fourth-order valence-electron chi connectivity index (χ4n) is 2.01. The predicted molar refractivity (Wildman–Crippen MR) is 74.2 cm³/mol. The maximum atomic E-state index is 12.3. The molecule has 0 unspecified atom stereocenters. The molecule has 0 aliphatic carbocycles. The van der Waals surface area contributed by atoms with E-state index in [0.717, 1.165) is 16.5 Å². The predicted octanol–water partition coefficient (Wildman–Crippen LogP) is 3.23. The summed E-state index contributed by atoms with van der Waals surface area (Å²) in [5.74, 6) is 0. The van der Waals surface area contributed by atoms with Crippen LogP contribution in [-0.4, -0.2) is 21.4 Å². The van der Waals surface area contributed by atoms with Crippen molar-refractivity contribution < 1.29 is 14.6 Å². The minimum atomic E-state index is -0.565. The van der Waals surface area contributed by atoms with Gasteiger partial charge in [0.1, 0.15) is 5.60 Å². The molecular formula is C15H19NO3. The second kappa shape index (κ2) is 4.70. The van der Waals surface area contributed by atoms with E-state index in [1.54, 1.807) is 6.07 Å². The Morgan fingerprint density at radius 1 is 1.32 bits per heavy atom. The van der Waals surface area contributed by atoms with Crippen molar-refractivity contribution in [2.75, 3.05) is 0 Å². The third kappa shape index (κ3) is 2.79. The lowest BCUT2D eigenvalue weighted by Crippen LogP contribution is -2.28. The largest absolute Gasteiger partial charge is 0.443 e. The summed E-state index contributed by atoms with van der Waals surface area (Å²) < 4.78 is 6.82. The van der Waals surface area contributed by atoms with Gasteiger partial charge in [-0.1, -0.05) is 12.1 Å². The first-order valence-corrected chi connectivity index (χ1v) is 6.27. The fraction of sp³-hybridized carbons (Fsp3) is 0.400. The zero-order chi connectivity index (χ0) is 14.2. The molecule has 2 rings (SSSR count). The molecule has 0 aliphatic rings. The van der Waals surface area contributed by atoms with Gasteiger partial charge in [0.15, 0.2) is 0 Å². The standard InChI is InChI=1S/C15H19NO3/c1-10-5-6-11-8-12(9-17)16(13(11)7-10)14(18)19-15(2,3)4/h5-8,17H,9H2,1-4H3. The number of rotatable bonds is 1. The maximum Gasteiger partial charge on any atom is 0.419 e. The van der Waals surface area contributed by atoms with E-state index in [-0.39, 0.29) is 6.61 Å². The summed E-state index contributed by atoms with van der Waals surface area (Å²) in [5, 5.41) is 10.3. The number of carbonyl (C=O) groups excluding carboxylic acids is 1. The first-order valence-electron chi connectivity index (χ1n) is 6.27. The molecular weight excluding hydrogens is 242 g/mol. The number of benzene rings is 1. The van der Waals surface area contributed by atoms with Gasteiger partial charge < -0.3 is 9.84 Å². The third-order valence-corrected chi connectivity index (χ3v) is 2.77. The minimum absolute atomic E-state index is 0.201. The van der Waals surface area contributed by atoms with E-state index in [0.29, 0.717) is 5.69 Å². The number of ether oxygens (including phenoxy) is 1. The molecule has 0 bridgehead atoms. The Morgan fingerprint density at radius 2 is 2.00 bits per heavy atom. The monoisotopic (exact) mass is 261 g/mol. The Hall–Kier alpha value is -1.81. The Labute approximate surface area is 112 Å². The number of nitrogens with zero attached hydrogens (tertiary/aromatic N) is 1. The van der Waals surface area contributed by atoms with Gasteiger partial charge in [-0.15, -0.1) is 0 Å². The number of aliphatic hydroxyl groups is 1. The highest BCUT2D eigenvalue weighted by Gasteiger charge is 2.21. The molecule has 0 atom stereocenters. The van der Waals surface area contributed by atoms with E-state index in [9.17, 15) is 9.90 Å². The van der Waals surface area contributed by atoms with Gasteiger partial charge in [0.05, 0.1) is 17.8 Å². The van der Waals surface area contributed by atoms with Crippen molar-refractivity contribution in [3.8, 4) is 0 Å². The topological polar surface area (TPSA) is 51.5 Å². The second-order valence-corrected chi connectivity index (χ2v) is 5.67. The van der Waals surface area contributed by atoms with E-state index in [4.69, 9.17) is 4.74 Å². The van der Waals surface area contributed by atoms with Crippen molar-refractivity contribution in [2.24, 2.45) is 0 Å². The van der Waals surface area contributed by atoms with E-state index in [1.165, 1.54) is 4.57 Å². The van der Waals surface area contributed by atoms with Crippen LogP contribution in [0.3, 0.4) is 0 Å². The number of aliphatic hydroxyl groups excluding tert-OH is 1. The van der Waals surface area contributed by atoms with Crippen LogP contribution < -0.4 is 0 Å². The summed E-state index contributed by atoms with van der Waals surface area (Å²) >= 11 is 0. The number of aryl methyl sites for hydroxylation is 1. The van der Waals surface area contributed by atoms with Crippen LogP contribution in [0.2, 0.25) is 0 Å². The molecule has 1 N–H and O–H groups in total. The summed E-state index contributed by atoms with van der Waals surface area (Å²) in [5.41, 5.74) is 1.79. The summed E-state index contributed by atoms with van der Waals surface area (Å²) in [4.78, 5) is 12.3. The van der Waals surface area contributed by atoms with Gasteiger partial charge in [-0.25, -0.2) is 9.36 Å². The number of hydrogen-bond acceptors (Lipinski definition) is 3. The summed E-state index contributed by atoms with van der Waals surface area (Å²) in [6.07, 6.45) is -0.461. The zero-order valence-corrected chi connectivity index (χ0v) is 11.7. The lowest BCUT2D eigenvalue weighted by molar-refractivity contribution is 0.0533. The molecule has 4 nitrogen and oxygen atoms in total. The molecule has 1 heterocycles. The smallest absolute Gasteiger partial charge is 0.419 e. The highest BCUT2D eigenvalue weighted by Crippen LogP contribution is 2.23. The molecule has 102 valence electrons. The second-order valence-electron chi connectivity index (χ2n) is 5.67. The SMILES string of the molecule is Cc1ccc2cc(CO)n(C(=O)OC(C)(C)C)c2c1. The van der Waals surface area contributed by atoms with Crippen molar-refractivity contribution in [3.63, 3.8) is 0 Å². The number of fused-ring (bicyclic) bond motifs is 1. The highest BCUT2D eigenvalue weighted by atomic mass is 16.6. The van der Waals surface area contributed by atoms with Crippen molar-refractivity contribution >= 4 is 17.0 Å². The van der Waals surface area contributed by atoms with E-state index >= 15 is 0 Å². The highest BCUT2D eigenvalue weighted by molar-refractivity contribution is 5.91. The first kappa shape index (κ1) is 13.6. The van der Waals surface area contributed by atoms with Gasteiger partial charge in [0.2, 0.25) is 0 Å². The average molecular weight is 261 g/mol. The van der Waals surface area contributed by atoms with Crippen molar-refractivity contribution in [1.29, 1.82) is 0 Å². The summed E-state index contributed by atoms with van der Waals surface area (Å²) in [7, 11) is 0. The van der Waals surface area contributed by atoms with Gasteiger partial charge in [0, 0.05) is 5.39 Å². The Morgan fingerprint density at radius 3 is 2.58 bits per heavy atom. The lowest BCUT2D eigenvalue weighted by Gasteiger charge is -2.20. The van der Waals surface area contributed by atoms with E-state index in [2.05, 4.69) is 0 Å². The molecule has 2 aromatic rings. The van der Waals surface area contributed by atoms with Crippen LogP contribution in [0.5, 0.6) is 0 Å². The Balaban J connectivity index is 2.56. The molecule has 0 aliphatic heterocycles. The van der Waals surface area contributed by atoms with E-state index < -0.39 is 11.7 Å². The summed E-state index contributed by atoms with van der Waals surface area (Å²) in [6.45, 7) is 7.22. The van der Waals surface area contributed by atoms with Gasteiger partial charge >= 0.3 is 6.09 Å². The lowest BCUT2D eigenvalue weighted by atomic mass is 10.2. The number of aromatic nitrogens is 1. The van der Waals surface area contributed by atoms with Crippen LogP contribution in [0.15, 0.2) is 24.3 Å². The minimum Gasteiger partial charge on any atom is -0.443 e. The molecule has 0 saturated carbocycles. The first-order chi connectivity index (χ1) is 8.81. The van der Waals surface area contributed by atoms with Crippen molar-refractivity contribution in [2.45, 2.75) is 39.9 Å². The molecule has 0 amide bonds. The average Bonchev–Trinajstić information content (AvgIpc) is 2.64. The summed E-state index contributed by atoms with van der Waals surface area (Å²) in [6, 6.07) is 7.63. The quantitative estimate of drug-likeness (QED) is 0.857. The number of carbonyl (C=O) groups is 1. The van der Waals surface area contributed by atoms with Gasteiger partial charge in [-0.05, 0) is 45.4 Å². The molecule has 1 aromatic heterocycles.